The van der Waals surface area contributed by atoms with Crippen LogP contribution < -0.4 is 9.44 Å². The molecule has 0 aliphatic heterocycles. The number of hydrogen-bond acceptors (Lipinski definition) is 6. The van der Waals surface area contributed by atoms with Crippen molar-refractivity contribution in [3.8, 4) is 0 Å². The molecule has 2 aromatic rings. The summed E-state index contributed by atoms with van der Waals surface area (Å²) in [5.41, 5.74) is 0. The lowest BCUT2D eigenvalue weighted by Gasteiger charge is -2.08. The van der Waals surface area contributed by atoms with Crippen LogP contribution in [0.5, 0.6) is 0 Å². The summed E-state index contributed by atoms with van der Waals surface area (Å²) in [5, 5.41) is 0.762. The Hall–Kier alpha value is -2.14. The lowest BCUT2D eigenvalue weighted by atomic mass is 10.1. The molecule has 174 valence electrons. The predicted molar refractivity (Wildman–Crippen MR) is 121 cm³/mol. The van der Waals surface area contributed by atoms with Gasteiger partial charge in [0.15, 0.2) is 0 Å². The van der Waals surface area contributed by atoms with Gasteiger partial charge < -0.3 is 0 Å². The highest BCUT2D eigenvalue weighted by atomic mass is 35.5. The van der Waals surface area contributed by atoms with Gasteiger partial charge in [-0.05, 0) is 61.4 Å². The number of nitrogens with one attached hydrogen (secondary N) is 2. The third kappa shape index (κ3) is 8.42. The van der Waals surface area contributed by atoms with Gasteiger partial charge in [0.2, 0.25) is 11.8 Å². The molecule has 2 N–H and O–H groups in total. The van der Waals surface area contributed by atoms with Crippen molar-refractivity contribution in [3.05, 3.63) is 58.6 Å². The first-order valence-corrected chi connectivity index (χ1v) is 13.3. The van der Waals surface area contributed by atoms with Gasteiger partial charge in [0.1, 0.15) is 0 Å². The van der Waals surface area contributed by atoms with Gasteiger partial charge in [0, 0.05) is 22.9 Å². The third-order valence-corrected chi connectivity index (χ3v) is 7.58. The van der Waals surface area contributed by atoms with Crippen molar-refractivity contribution in [1.29, 1.82) is 0 Å². The number of carbonyl (C=O) groups is 2. The molecule has 0 aliphatic rings. The average molecular weight is 521 g/mol. The minimum Gasteiger partial charge on any atom is -0.274 e. The minimum atomic E-state index is -3.95. The van der Waals surface area contributed by atoms with Crippen molar-refractivity contribution in [2.24, 2.45) is 0 Å². The summed E-state index contributed by atoms with van der Waals surface area (Å²) in [4.78, 5) is 23.7. The molecule has 0 atom stereocenters. The Morgan fingerprint density at radius 3 is 1.22 bits per heavy atom. The number of benzene rings is 2. The van der Waals surface area contributed by atoms with Crippen LogP contribution >= 0.6 is 23.2 Å². The Balaban J connectivity index is 1.66. The highest BCUT2D eigenvalue weighted by molar-refractivity contribution is 7.90. The topological polar surface area (TPSA) is 126 Å². The van der Waals surface area contributed by atoms with Crippen LogP contribution in [0.2, 0.25) is 10.0 Å². The van der Waals surface area contributed by atoms with Crippen molar-refractivity contribution in [1.82, 2.24) is 9.44 Å². The van der Waals surface area contributed by atoms with Gasteiger partial charge in [-0.2, -0.15) is 0 Å². The largest absolute Gasteiger partial charge is 0.274 e. The minimum absolute atomic E-state index is 0.00393. The van der Waals surface area contributed by atoms with E-state index in [9.17, 15) is 26.4 Å². The van der Waals surface area contributed by atoms with E-state index in [1.54, 1.807) is 0 Å². The highest BCUT2D eigenvalue weighted by Crippen LogP contribution is 2.15. The molecule has 2 amide bonds. The van der Waals surface area contributed by atoms with Gasteiger partial charge in [-0.1, -0.05) is 36.0 Å². The molecular formula is C20H22Cl2N2O6S2. The lowest BCUT2D eigenvalue weighted by Crippen LogP contribution is -2.30. The summed E-state index contributed by atoms with van der Waals surface area (Å²) in [6.07, 6.45) is 2.00. The number of rotatable bonds is 11. The number of hydrogen-bond donors (Lipinski definition) is 2. The van der Waals surface area contributed by atoms with Gasteiger partial charge in [-0.25, -0.2) is 26.3 Å². The lowest BCUT2D eigenvalue weighted by molar-refractivity contribution is -0.120. The van der Waals surface area contributed by atoms with Gasteiger partial charge in [0.25, 0.3) is 20.0 Å². The molecule has 0 fully saturated rings. The number of unbranched alkanes of at least 4 members (excludes halogenated alkanes) is 3. The van der Waals surface area contributed by atoms with Crippen molar-refractivity contribution in [3.63, 3.8) is 0 Å². The van der Waals surface area contributed by atoms with Crippen LogP contribution in [-0.4, -0.2) is 28.6 Å². The molecule has 2 aromatic carbocycles. The quantitative estimate of drug-likeness (QED) is 0.435. The van der Waals surface area contributed by atoms with Crippen molar-refractivity contribution < 1.29 is 26.4 Å². The second kappa shape index (κ2) is 11.6. The molecular weight excluding hydrogens is 499 g/mol. The summed E-state index contributed by atoms with van der Waals surface area (Å²) < 4.78 is 52.5. The smallest absolute Gasteiger partial charge is 0.264 e. The van der Waals surface area contributed by atoms with E-state index in [0.717, 1.165) is 0 Å². The van der Waals surface area contributed by atoms with E-state index in [-0.39, 0.29) is 22.6 Å². The molecule has 0 radical (unpaired) electrons. The second-order valence-corrected chi connectivity index (χ2v) is 11.1. The zero-order valence-electron chi connectivity index (χ0n) is 16.9. The molecule has 0 aliphatic carbocycles. The van der Waals surface area contributed by atoms with Crippen LogP contribution in [0.3, 0.4) is 0 Å². The first-order valence-electron chi connectivity index (χ1n) is 9.62. The zero-order chi connectivity index (χ0) is 23.8. The van der Waals surface area contributed by atoms with Crippen LogP contribution in [0.25, 0.3) is 0 Å². The van der Waals surface area contributed by atoms with E-state index in [1.807, 2.05) is 9.44 Å². The van der Waals surface area contributed by atoms with Crippen LogP contribution in [0, 0.1) is 0 Å². The summed E-state index contributed by atoms with van der Waals surface area (Å²) in [7, 11) is -7.91. The maximum Gasteiger partial charge on any atom is 0.264 e. The summed E-state index contributed by atoms with van der Waals surface area (Å²) in [5.74, 6) is -1.27. The van der Waals surface area contributed by atoms with Crippen LogP contribution in [0.4, 0.5) is 0 Å². The molecule has 0 aromatic heterocycles. The van der Waals surface area contributed by atoms with Gasteiger partial charge in [-0.15, -0.1) is 0 Å². The van der Waals surface area contributed by atoms with Crippen LogP contribution in [0.1, 0.15) is 38.5 Å². The second-order valence-electron chi connectivity index (χ2n) is 6.88. The van der Waals surface area contributed by atoms with Crippen molar-refractivity contribution in [2.75, 3.05) is 0 Å². The average Bonchev–Trinajstić information content (AvgIpc) is 2.70. The van der Waals surface area contributed by atoms with E-state index in [0.29, 0.717) is 35.7 Å². The Labute approximate surface area is 197 Å². The molecule has 0 bridgehead atoms. The van der Waals surface area contributed by atoms with E-state index in [4.69, 9.17) is 23.2 Å². The molecule has 0 heterocycles. The monoisotopic (exact) mass is 520 g/mol. The van der Waals surface area contributed by atoms with Crippen molar-refractivity contribution in [2.45, 2.75) is 48.3 Å². The Bertz CT molecular complexity index is 1060. The molecule has 0 saturated heterocycles. The SMILES string of the molecule is O=C(CCCCCCC(=O)NS(=O)(=O)c1ccc(Cl)cc1)NS(=O)(=O)c1ccc(Cl)cc1. The van der Waals surface area contributed by atoms with E-state index < -0.39 is 31.9 Å². The Morgan fingerprint density at radius 2 is 0.906 bits per heavy atom. The maximum absolute atomic E-state index is 12.1. The summed E-state index contributed by atoms with van der Waals surface area (Å²) >= 11 is 11.4. The normalized spacial score (nSPS) is 11.7. The van der Waals surface area contributed by atoms with E-state index in [1.165, 1.54) is 48.5 Å². The molecule has 8 nitrogen and oxygen atoms in total. The molecule has 0 unspecified atom stereocenters. The molecule has 32 heavy (non-hydrogen) atoms. The first kappa shape index (κ1) is 26.1. The summed E-state index contributed by atoms with van der Waals surface area (Å²) in [6.45, 7) is 0. The van der Waals surface area contributed by atoms with E-state index >= 15 is 0 Å². The molecule has 0 spiro atoms. The van der Waals surface area contributed by atoms with Crippen molar-refractivity contribution >= 4 is 55.1 Å². The van der Waals surface area contributed by atoms with Crippen LogP contribution in [-0.2, 0) is 29.6 Å². The maximum atomic E-state index is 12.1. The van der Waals surface area contributed by atoms with E-state index in [2.05, 4.69) is 0 Å². The number of amides is 2. The van der Waals surface area contributed by atoms with Gasteiger partial charge in [-0.3, -0.25) is 9.59 Å². The molecule has 2 rings (SSSR count). The van der Waals surface area contributed by atoms with Crippen LogP contribution in [0.15, 0.2) is 58.3 Å². The first-order chi connectivity index (χ1) is 15.0. The molecule has 12 heteroatoms. The summed E-state index contributed by atoms with van der Waals surface area (Å²) in [6, 6.07) is 10.9. The fraction of sp³-hybridized carbons (Fsp3) is 0.300. The third-order valence-electron chi connectivity index (χ3n) is 4.30. The fourth-order valence-electron chi connectivity index (χ4n) is 2.67. The number of halogens is 2. The Morgan fingerprint density at radius 1 is 0.594 bits per heavy atom. The van der Waals surface area contributed by atoms with Gasteiger partial charge >= 0.3 is 0 Å². The predicted octanol–water partition coefficient (Wildman–Crippen LogP) is 3.64. The Kier molecular flexibility index (Phi) is 9.50. The van der Waals surface area contributed by atoms with Gasteiger partial charge in [0.05, 0.1) is 9.79 Å². The standard InChI is InChI=1S/C20H22Cl2N2O6S2/c21-15-7-11-17(12-8-15)31(27,28)23-19(25)5-3-1-2-4-6-20(26)24-32(29,30)18-13-9-16(22)10-14-18/h7-14H,1-6H2,(H,23,25)(H,24,26). The highest BCUT2D eigenvalue weighted by Gasteiger charge is 2.18. The fourth-order valence-corrected chi connectivity index (χ4v) is 4.95. The number of sulfonamides is 2. The number of carbonyl (C=O) groups excluding carboxylic acids is 2. The molecule has 0 saturated carbocycles. The zero-order valence-corrected chi connectivity index (χ0v) is 20.0.